The first-order chi connectivity index (χ1) is 8.45. The van der Waals surface area contributed by atoms with Crippen molar-refractivity contribution in [2.45, 2.75) is 12.8 Å². The molecular formula is C10H14B2O4S. The molecule has 3 heterocycles. The molecular weight excluding hydrogens is 238 g/mol. The highest BCUT2D eigenvalue weighted by Gasteiger charge is 2.34. The summed E-state index contributed by atoms with van der Waals surface area (Å²) >= 11 is 1.63. The molecule has 3 rings (SSSR count). The maximum atomic E-state index is 5.63. The molecule has 2 fully saturated rings. The molecule has 0 aliphatic carbocycles. The van der Waals surface area contributed by atoms with Crippen LogP contribution < -0.4 is 10.9 Å². The van der Waals surface area contributed by atoms with E-state index in [1.54, 1.807) is 11.3 Å². The topological polar surface area (TPSA) is 36.9 Å². The summed E-state index contributed by atoms with van der Waals surface area (Å²) in [6.07, 6.45) is 1.93. The largest absolute Gasteiger partial charge is 0.494 e. The number of hydrogen-bond acceptors (Lipinski definition) is 5. The van der Waals surface area contributed by atoms with Crippen molar-refractivity contribution in [3.8, 4) is 0 Å². The minimum absolute atomic E-state index is 0.251. The van der Waals surface area contributed by atoms with Crippen molar-refractivity contribution in [2.24, 2.45) is 0 Å². The van der Waals surface area contributed by atoms with Crippen LogP contribution >= 0.6 is 11.3 Å². The Morgan fingerprint density at radius 3 is 1.59 bits per heavy atom. The summed E-state index contributed by atoms with van der Waals surface area (Å²) in [6, 6.07) is 0. The Morgan fingerprint density at radius 2 is 1.18 bits per heavy atom. The Balaban J connectivity index is 1.77. The Labute approximate surface area is 105 Å². The van der Waals surface area contributed by atoms with Gasteiger partial charge in [-0.1, -0.05) is 0 Å². The van der Waals surface area contributed by atoms with Crippen molar-refractivity contribution in [3.05, 3.63) is 10.8 Å². The molecule has 0 bridgehead atoms. The average Bonchev–Trinajstić information content (AvgIpc) is 2.90. The molecule has 0 N–H and O–H groups in total. The molecule has 7 heteroatoms. The molecule has 0 spiro atoms. The first kappa shape index (κ1) is 11.7. The highest BCUT2D eigenvalue weighted by atomic mass is 32.1. The molecule has 4 nitrogen and oxygen atoms in total. The van der Waals surface area contributed by atoms with Gasteiger partial charge in [0.05, 0.1) is 0 Å². The lowest BCUT2D eigenvalue weighted by molar-refractivity contribution is 0.140. The first-order valence-corrected chi connectivity index (χ1v) is 6.92. The van der Waals surface area contributed by atoms with Crippen molar-refractivity contribution in [3.63, 3.8) is 0 Å². The lowest BCUT2D eigenvalue weighted by atomic mass is 9.66. The highest BCUT2D eigenvalue weighted by Crippen LogP contribution is 2.07. The van der Waals surface area contributed by atoms with Crippen molar-refractivity contribution < 1.29 is 18.6 Å². The predicted octanol–water partition coefficient (Wildman–Crippen LogP) is 0.0123. The highest BCUT2D eigenvalue weighted by molar-refractivity contribution is 7.11. The summed E-state index contributed by atoms with van der Waals surface area (Å²) in [4.78, 5) is 0. The number of rotatable bonds is 2. The minimum atomic E-state index is -0.251. The molecule has 2 saturated heterocycles. The molecule has 90 valence electrons. The van der Waals surface area contributed by atoms with Crippen LogP contribution in [0.25, 0.3) is 0 Å². The van der Waals surface area contributed by atoms with E-state index in [0.717, 1.165) is 50.2 Å². The zero-order valence-electron chi connectivity index (χ0n) is 9.59. The molecule has 2 aliphatic rings. The van der Waals surface area contributed by atoms with Crippen molar-refractivity contribution in [2.75, 3.05) is 26.4 Å². The van der Waals surface area contributed by atoms with Gasteiger partial charge in [-0.25, -0.2) is 0 Å². The second kappa shape index (κ2) is 5.54. The summed E-state index contributed by atoms with van der Waals surface area (Å²) in [5, 5.41) is 4.12. The van der Waals surface area contributed by atoms with E-state index in [2.05, 4.69) is 10.8 Å². The molecule has 0 unspecified atom stereocenters. The standard InChI is InChI=1S/C10H14B2O4S/c1-3-13-11(14-4-1)9-7-17-8-10(9)12-15-5-2-6-16-12/h7-8H,1-6H2. The van der Waals surface area contributed by atoms with E-state index >= 15 is 0 Å². The SMILES string of the molecule is c1scc(B2OCCCO2)c1B1OCCCO1. The minimum Gasteiger partial charge on any atom is -0.407 e. The fourth-order valence-electron chi connectivity index (χ4n) is 2.03. The summed E-state index contributed by atoms with van der Waals surface area (Å²) < 4.78 is 22.5. The van der Waals surface area contributed by atoms with Gasteiger partial charge in [-0.3, -0.25) is 0 Å². The quantitative estimate of drug-likeness (QED) is 0.695. The van der Waals surface area contributed by atoms with Gasteiger partial charge in [-0.15, -0.1) is 0 Å². The van der Waals surface area contributed by atoms with E-state index in [-0.39, 0.29) is 14.2 Å². The number of hydrogen-bond donors (Lipinski definition) is 0. The zero-order valence-corrected chi connectivity index (χ0v) is 10.4. The van der Waals surface area contributed by atoms with Crippen molar-refractivity contribution >= 4 is 36.5 Å². The Hall–Kier alpha value is -0.330. The third-order valence-electron chi connectivity index (χ3n) is 2.89. The molecule has 1 aromatic rings. The van der Waals surface area contributed by atoms with Gasteiger partial charge >= 0.3 is 14.2 Å². The van der Waals surface area contributed by atoms with Crippen LogP contribution in [0.5, 0.6) is 0 Å². The second-order valence-electron chi connectivity index (χ2n) is 4.14. The van der Waals surface area contributed by atoms with E-state index in [0.29, 0.717) is 0 Å². The maximum Gasteiger partial charge on any atom is 0.494 e. The Kier molecular flexibility index (Phi) is 3.83. The Bertz CT molecular complexity index is 328. The van der Waals surface area contributed by atoms with Gasteiger partial charge in [0.25, 0.3) is 0 Å². The summed E-state index contributed by atoms with van der Waals surface area (Å²) in [6.45, 7) is 3.03. The number of thiophene rings is 1. The lowest BCUT2D eigenvalue weighted by Crippen LogP contribution is -2.54. The summed E-state index contributed by atoms with van der Waals surface area (Å²) in [5.74, 6) is 0. The summed E-state index contributed by atoms with van der Waals surface area (Å²) in [5.41, 5.74) is 2.11. The van der Waals surface area contributed by atoms with Gasteiger partial charge in [-0.05, 0) is 34.5 Å². The van der Waals surface area contributed by atoms with E-state index in [4.69, 9.17) is 18.6 Å². The van der Waals surface area contributed by atoms with Crippen molar-refractivity contribution in [1.29, 1.82) is 0 Å². The van der Waals surface area contributed by atoms with Gasteiger partial charge in [0, 0.05) is 26.4 Å². The lowest BCUT2D eigenvalue weighted by Gasteiger charge is -2.23. The van der Waals surface area contributed by atoms with Crippen LogP contribution in [0.3, 0.4) is 0 Å². The molecule has 0 radical (unpaired) electrons. The fraction of sp³-hybridized carbons (Fsp3) is 0.600. The molecule has 2 aliphatic heterocycles. The van der Waals surface area contributed by atoms with Crippen LogP contribution in [0, 0.1) is 0 Å². The molecule has 1 aromatic heterocycles. The monoisotopic (exact) mass is 252 g/mol. The van der Waals surface area contributed by atoms with Crippen LogP contribution in [-0.4, -0.2) is 40.7 Å². The predicted molar refractivity (Wildman–Crippen MR) is 68.1 cm³/mol. The van der Waals surface area contributed by atoms with Crippen LogP contribution in [0.1, 0.15) is 12.8 Å². The Morgan fingerprint density at radius 1 is 0.765 bits per heavy atom. The third kappa shape index (κ3) is 2.58. The van der Waals surface area contributed by atoms with Gasteiger partial charge in [-0.2, -0.15) is 11.3 Å². The molecule has 17 heavy (non-hydrogen) atoms. The van der Waals surface area contributed by atoms with E-state index in [1.165, 1.54) is 0 Å². The maximum absolute atomic E-state index is 5.63. The fourth-order valence-corrected chi connectivity index (χ4v) is 2.89. The zero-order chi connectivity index (χ0) is 11.5. The average molecular weight is 252 g/mol. The van der Waals surface area contributed by atoms with Gasteiger partial charge in [0.2, 0.25) is 0 Å². The molecule has 0 amide bonds. The normalized spacial score (nSPS) is 21.9. The van der Waals surface area contributed by atoms with Gasteiger partial charge < -0.3 is 18.6 Å². The third-order valence-corrected chi connectivity index (χ3v) is 3.67. The van der Waals surface area contributed by atoms with E-state index < -0.39 is 0 Å². The van der Waals surface area contributed by atoms with Crippen molar-refractivity contribution in [1.82, 2.24) is 0 Å². The van der Waals surface area contributed by atoms with Crippen LogP contribution in [0.4, 0.5) is 0 Å². The summed E-state index contributed by atoms with van der Waals surface area (Å²) in [7, 11) is -0.502. The second-order valence-corrected chi connectivity index (χ2v) is 4.88. The first-order valence-electron chi connectivity index (χ1n) is 5.97. The van der Waals surface area contributed by atoms with Crippen LogP contribution in [-0.2, 0) is 18.6 Å². The van der Waals surface area contributed by atoms with E-state index in [9.17, 15) is 0 Å². The molecule has 0 saturated carbocycles. The molecule has 0 aromatic carbocycles. The van der Waals surface area contributed by atoms with Crippen LogP contribution in [0.2, 0.25) is 0 Å². The van der Waals surface area contributed by atoms with E-state index in [1.807, 2.05) is 0 Å². The molecule has 0 atom stereocenters. The van der Waals surface area contributed by atoms with Crippen LogP contribution in [0.15, 0.2) is 10.8 Å². The van der Waals surface area contributed by atoms with Gasteiger partial charge in [0.1, 0.15) is 0 Å². The van der Waals surface area contributed by atoms with Gasteiger partial charge in [0.15, 0.2) is 0 Å². The smallest absolute Gasteiger partial charge is 0.407 e.